The van der Waals surface area contributed by atoms with Crippen molar-refractivity contribution >= 4 is 23.3 Å². The third-order valence-electron chi connectivity index (χ3n) is 2.89. The molecular weight excluding hydrogens is 290 g/mol. The van der Waals surface area contributed by atoms with Crippen LogP contribution in [0.15, 0.2) is 12.1 Å². The molecule has 0 saturated heterocycles. The Bertz CT molecular complexity index is 533. The maximum atomic E-state index is 11.6. The highest BCUT2D eigenvalue weighted by Gasteiger charge is 2.26. The Morgan fingerprint density at radius 1 is 1.50 bits per heavy atom. The van der Waals surface area contributed by atoms with Gasteiger partial charge in [-0.25, -0.2) is 4.79 Å². The van der Waals surface area contributed by atoms with Crippen molar-refractivity contribution in [3.8, 4) is 0 Å². The molecule has 7 nitrogen and oxygen atoms in total. The lowest BCUT2D eigenvalue weighted by molar-refractivity contribution is -0.385. The van der Waals surface area contributed by atoms with E-state index in [1.807, 2.05) is 0 Å². The van der Waals surface area contributed by atoms with Crippen molar-refractivity contribution in [2.45, 2.75) is 19.1 Å². The van der Waals surface area contributed by atoms with Crippen LogP contribution in [0.25, 0.3) is 0 Å². The van der Waals surface area contributed by atoms with Crippen LogP contribution in [0.2, 0.25) is 0 Å². The Morgan fingerprint density at radius 2 is 2.10 bits per heavy atom. The average molecular weight is 304 g/mol. The van der Waals surface area contributed by atoms with E-state index in [0.717, 1.165) is 19.2 Å². The SMILES string of the molecule is COC(=O)c1cc([N+](=O)[O-])cc(C(O)C(O)CCl)c1C. The molecule has 2 N–H and O–H groups in total. The second-order valence-electron chi connectivity index (χ2n) is 4.12. The number of alkyl halides is 1. The number of halogens is 1. The Hall–Kier alpha value is -1.70. The lowest BCUT2D eigenvalue weighted by Gasteiger charge is -2.19. The number of esters is 1. The lowest BCUT2D eigenvalue weighted by Crippen LogP contribution is -2.21. The number of hydrogen-bond donors (Lipinski definition) is 2. The van der Waals surface area contributed by atoms with Gasteiger partial charge < -0.3 is 14.9 Å². The van der Waals surface area contributed by atoms with E-state index in [4.69, 9.17) is 11.6 Å². The van der Waals surface area contributed by atoms with Crippen molar-refractivity contribution in [3.05, 3.63) is 38.9 Å². The summed E-state index contributed by atoms with van der Waals surface area (Å²) in [5.41, 5.74) is -0.0730. The summed E-state index contributed by atoms with van der Waals surface area (Å²) in [5, 5.41) is 30.4. The van der Waals surface area contributed by atoms with Crippen molar-refractivity contribution in [1.82, 2.24) is 0 Å². The summed E-state index contributed by atoms with van der Waals surface area (Å²) in [6, 6.07) is 2.16. The van der Waals surface area contributed by atoms with Gasteiger partial charge in [-0.15, -0.1) is 11.6 Å². The molecule has 2 atom stereocenters. The summed E-state index contributed by atoms with van der Waals surface area (Å²) in [6.45, 7) is 1.50. The standard InChI is InChI=1S/C12H14ClNO6/c1-6-8(11(16)10(15)5-13)3-7(14(18)19)4-9(6)12(17)20-2/h3-4,10-11,15-16H,5H2,1-2H3. The zero-order valence-corrected chi connectivity index (χ0v) is 11.6. The molecule has 0 saturated carbocycles. The molecule has 110 valence electrons. The Balaban J connectivity index is 3.46. The van der Waals surface area contributed by atoms with E-state index in [1.54, 1.807) is 0 Å². The molecule has 0 aliphatic rings. The summed E-state index contributed by atoms with van der Waals surface area (Å²) in [4.78, 5) is 21.8. The molecule has 0 aromatic heterocycles. The molecule has 1 rings (SSSR count). The fraction of sp³-hybridized carbons (Fsp3) is 0.417. The molecule has 0 amide bonds. The number of ether oxygens (including phenoxy) is 1. The van der Waals surface area contributed by atoms with Crippen molar-refractivity contribution in [2.75, 3.05) is 13.0 Å². The quantitative estimate of drug-likeness (QED) is 0.367. The molecule has 0 radical (unpaired) electrons. The zero-order valence-electron chi connectivity index (χ0n) is 10.9. The van der Waals surface area contributed by atoms with Gasteiger partial charge >= 0.3 is 5.97 Å². The first-order chi connectivity index (χ1) is 9.33. The fourth-order valence-electron chi connectivity index (χ4n) is 1.75. The van der Waals surface area contributed by atoms with Crippen molar-refractivity contribution < 1.29 is 24.7 Å². The number of benzene rings is 1. The number of aliphatic hydroxyl groups is 2. The normalized spacial score (nSPS) is 13.7. The second-order valence-corrected chi connectivity index (χ2v) is 4.43. The first kappa shape index (κ1) is 16.4. The number of carbonyl (C=O) groups excluding carboxylic acids is 1. The summed E-state index contributed by atoms with van der Waals surface area (Å²) in [5.74, 6) is -1.02. The number of nitro benzene ring substituents is 1. The van der Waals surface area contributed by atoms with Gasteiger partial charge in [0.25, 0.3) is 5.69 Å². The number of aliphatic hydroxyl groups excluding tert-OH is 2. The Labute approximate surface area is 119 Å². The first-order valence-electron chi connectivity index (χ1n) is 5.62. The smallest absolute Gasteiger partial charge is 0.338 e. The number of hydrogen-bond acceptors (Lipinski definition) is 6. The highest BCUT2D eigenvalue weighted by atomic mass is 35.5. The van der Waals surface area contributed by atoms with Gasteiger partial charge in [-0.3, -0.25) is 10.1 Å². The van der Waals surface area contributed by atoms with Crippen LogP contribution in [0.3, 0.4) is 0 Å². The third-order valence-corrected chi connectivity index (χ3v) is 3.21. The average Bonchev–Trinajstić information content (AvgIpc) is 2.44. The molecule has 1 aromatic carbocycles. The molecule has 0 heterocycles. The summed E-state index contributed by atoms with van der Waals surface area (Å²) in [7, 11) is 1.14. The molecule has 8 heteroatoms. The van der Waals surface area contributed by atoms with Gasteiger partial charge in [0.05, 0.1) is 29.6 Å². The number of nitrogens with zero attached hydrogens (tertiary/aromatic N) is 1. The third kappa shape index (κ3) is 3.24. The van der Waals surface area contributed by atoms with Crippen LogP contribution in [-0.4, -0.2) is 40.2 Å². The van der Waals surface area contributed by atoms with E-state index < -0.39 is 23.1 Å². The van der Waals surface area contributed by atoms with Gasteiger partial charge in [0.2, 0.25) is 0 Å². The zero-order chi connectivity index (χ0) is 15.4. The maximum absolute atomic E-state index is 11.6. The van der Waals surface area contributed by atoms with Crippen LogP contribution in [0.1, 0.15) is 27.6 Å². The molecule has 1 aromatic rings. The van der Waals surface area contributed by atoms with E-state index in [0.29, 0.717) is 5.56 Å². The lowest BCUT2D eigenvalue weighted by atomic mass is 9.95. The Kier molecular flexibility index (Phi) is 5.43. The summed E-state index contributed by atoms with van der Waals surface area (Å²) >= 11 is 5.45. The van der Waals surface area contributed by atoms with Gasteiger partial charge in [-0.05, 0) is 18.1 Å². The van der Waals surface area contributed by atoms with Gasteiger partial charge in [-0.1, -0.05) is 0 Å². The molecule has 0 aliphatic carbocycles. The van der Waals surface area contributed by atoms with E-state index in [9.17, 15) is 25.1 Å². The van der Waals surface area contributed by atoms with Crippen LogP contribution in [0, 0.1) is 17.0 Å². The summed E-state index contributed by atoms with van der Waals surface area (Å²) < 4.78 is 4.54. The van der Waals surface area contributed by atoms with Crippen LogP contribution in [-0.2, 0) is 4.74 Å². The Morgan fingerprint density at radius 3 is 2.55 bits per heavy atom. The number of non-ortho nitro benzene ring substituents is 1. The minimum absolute atomic E-state index is 0.0440. The van der Waals surface area contributed by atoms with Crippen LogP contribution >= 0.6 is 11.6 Å². The van der Waals surface area contributed by atoms with E-state index in [2.05, 4.69) is 4.74 Å². The minimum Gasteiger partial charge on any atom is -0.465 e. The van der Waals surface area contributed by atoms with Crippen molar-refractivity contribution in [2.24, 2.45) is 0 Å². The molecule has 0 fully saturated rings. The minimum atomic E-state index is -1.43. The molecule has 2 unspecified atom stereocenters. The van der Waals surface area contributed by atoms with Crippen LogP contribution in [0.5, 0.6) is 0 Å². The predicted molar refractivity (Wildman–Crippen MR) is 70.9 cm³/mol. The molecular formula is C12H14ClNO6. The van der Waals surface area contributed by atoms with E-state index >= 15 is 0 Å². The number of methoxy groups -OCH3 is 1. The highest BCUT2D eigenvalue weighted by molar-refractivity contribution is 6.18. The van der Waals surface area contributed by atoms with Gasteiger partial charge in [0, 0.05) is 12.1 Å². The predicted octanol–water partition coefficient (Wildman–Crippen LogP) is 1.32. The van der Waals surface area contributed by atoms with E-state index in [-0.39, 0.29) is 22.7 Å². The number of nitro groups is 1. The largest absolute Gasteiger partial charge is 0.465 e. The molecule has 20 heavy (non-hydrogen) atoms. The fourth-order valence-corrected chi connectivity index (χ4v) is 1.92. The number of rotatable bonds is 5. The molecule has 0 aliphatic heterocycles. The molecule has 0 spiro atoms. The monoisotopic (exact) mass is 303 g/mol. The van der Waals surface area contributed by atoms with E-state index in [1.165, 1.54) is 6.92 Å². The molecule has 0 bridgehead atoms. The van der Waals surface area contributed by atoms with Gasteiger partial charge in [0.1, 0.15) is 6.10 Å². The van der Waals surface area contributed by atoms with Crippen LogP contribution < -0.4 is 0 Å². The van der Waals surface area contributed by atoms with Gasteiger partial charge in [0.15, 0.2) is 0 Å². The highest BCUT2D eigenvalue weighted by Crippen LogP contribution is 2.29. The first-order valence-corrected chi connectivity index (χ1v) is 6.16. The van der Waals surface area contributed by atoms with Crippen molar-refractivity contribution in [3.63, 3.8) is 0 Å². The second kappa shape index (κ2) is 6.65. The van der Waals surface area contributed by atoms with Crippen molar-refractivity contribution in [1.29, 1.82) is 0 Å². The number of carbonyl (C=O) groups is 1. The van der Waals surface area contributed by atoms with Crippen LogP contribution in [0.4, 0.5) is 5.69 Å². The summed E-state index contributed by atoms with van der Waals surface area (Å²) in [6.07, 6.45) is -2.74. The topological polar surface area (TPSA) is 110 Å². The maximum Gasteiger partial charge on any atom is 0.338 e. The van der Waals surface area contributed by atoms with Gasteiger partial charge in [-0.2, -0.15) is 0 Å².